The highest BCUT2D eigenvalue weighted by atomic mass is 19.1. The van der Waals surface area contributed by atoms with Crippen molar-refractivity contribution in [2.24, 2.45) is 5.73 Å². The SMILES string of the molecule is C=Cc1cc2c(cc1NC)c(CCC(=C)N)c(C(C)(C)CC#N)n2-c1ccc(F)cc1.CC. The Kier molecular flexibility index (Phi) is 8.48. The smallest absolute Gasteiger partial charge is 0.123 e. The molecule has 33 heavy (non-hydrogen) atoms. The van der Waals surface area contributed by atoms with Crippen LogP contribution in [0, 0.1) is 17.1 Å². The molecule has 3 rings (SSSR count). The molecule has 3 N–H and O–H groups in total. The second-order valence-electron chi connectivity index (χ2n) is 8.43. The van der Waals surface area contributed by atoms with Crippen molar-refractivity contribution < 1.29 is 4.39 Å². The first-order chi connectivity index (χ1) is 15.7. The lowest BCUT2D eigenvalue weighted by Gasteiger charge is -2.26. The Hall–Kier alpha value is -3.52. The first-order valence-corrected chi connectivity index (χ1v) is 11.3. The Labute approximate surface area is 197 Å². The Morgan fingerprint density at radius 2 is 1.88 bits per heavy atom. The van der Waals surface area contributed by atoms with Gasteiger partial charge in [0.1, 0.15) is 5.82 Å². The molecule has 1 heterocycles. The van der Waals surface area contributed by atoms with Gasteiger partial charge in [0.2, 0.25) is 0 Å². The molecule has 0 aliphatic rings. The average Bonchev–Trinajstić information content (AvgIpc) is 3.12. The second kappa shape index (κ2) is 10.9. The molecule has 5 heteroatoms. The van der Waals surface area contributed by atoms with Gasteiger partial charge in [0.25, 0.3) is 0 Å². The molecule has 0 aliphatic heterocycles. The van der Waals surface area contributed by atoms with Gasteiger partial charge in [-0.05, 0) is 60.4 Å². The molecule has 174 valence electrons. The van der Waals surface area contributed by atoms with Gasteiger partial charge in [-0.2, -0.15) is 5.26 Å². The van der Waals surface area contributed by atoms with Crippen LogP contribution in [-0.4, -0.2) is 11.6 Å². The highest BCUT2D eigenvalue weighted by Crippen LogP contribution is 2.41. The number of nitrogens with zero attached hydrogens (tertiary/aromatic N) is 2. The molecule has 0 aliphatic carbocycles. The molecule has 0 radical (unpaired) electrons. The summed E-state index contributed by atoms with van der Waals surface area (Å²) >= 11 is 0. The Balaban J connectivity index is 0.00000187. The highest BCUT2D eigenvalue weighted by molar-refractivity contribution is 5.93. The van der Waals surface area contributed by atoms with Gasteiger partial charge in [0.15, 0.2) is 0 Å². The van der Waals surface area contributed by atoms with Gasteiger partial charge in [0, 0.05) is 47.0 Å². The Bertz CT molecular complexity index is 1180. The van der Waals surface area contributed by atoms with Gasteiger partial charge in [0.05, 0.1) is 11.6 Å². The van der Waals surface area contributed by atoms with E-state index in [1.165, 1.54) is 12.1 Å². The van der Waals surface area contributed by atoms with E-state index in [2.05, 4.69) is 55.1 Å². The van der Waals surface area contributed by atoms with Crippen LogP contribution in [0.2, 0.25) is 0 Å². The van der Waals surface area contributed by atoms with Crippen molar-refractivity contribution in [1.82, 2.24) is 4.57 Å². The lowest BCUT2D eigenvalue weighted by Crippen LogP contribution is -2.22. The summed E-state index contributed by atoms with van der Waals surface area (Å²) in [6.45, 7) is 16.0. The summed E-state index contributed by atoms with van der Waals surface area (Å²) in [4.78, 5) is 0. The van der Waals surface area contributed by atoms with Gasteiger partial charge in [-0.3, -0.25) is 0 Å². The van der Waals surface area contributed by atoms with E-state index in [0.29, 0.717) is 25.0 Å². The maximum atomic E-state index is 13.7. The van der Waals surface area contributed by atoms with E-state index in [1.54, 1.807) is 12.1 Å². The summed E-state index contributed by atoms with van der Waals surface area (Å²) in [5.74, 6) is -0.290. The molecule has 0 saturated heterocycles. The summed E-state index contributed by atoms with van der Waals surface area (Å²) < 4.78 is 15.9. The quantitative estimate of drug-likeness (QED) is 0.389. The molecule has 3 aromatic rings. The first kappa shape index (κ1) is 25.7. The highest BCUT2D eigenvalue weighted by Gasteiger charge is 2.31. The predicted octanol–water partition coefficient (Wildman–Crippen LogP) is 7.08. The topological polar surface area (TPSA) is 66.8 Å². The molecular weight excluding hydrogens is 411 g/mol. The van der Waals surface area contributed by atoms with E-state index in [4.69, 9.17) is 5.73 Å². The van der Waals surface area contributed by atoms with Crippen LogP contribution >= 0.6 is 0 Å². The van der Waals surface area contributed by atoms with Crippen molar-refractivity contribution in [2.75, 3.05) is 12.4 Å². The van der Waals surface area contributed by atoms with Crippen LogP contribution in [0.25, 0.3) is 22.7 Å². The van der Waals surface area contributed by atoms with E-state index in [1.807, 2.05) is 27.0 Å². The number of benzene rings is 2. The Morgan fingerprint density at radius 1 is 1.24 bits per heavy atom. The maximum Gasteiger partial charge on any atom is 0.123 e. The molecule has 0 saturated carbocycles. The van der Waals surface area contributed by atoms with Crippen molar-refractivity contribution in [3.05, 3.63) is 77.9 Å². The molecule has 1 aromatic heterocycles. The van der Waals surface area contributed by atoms with Gasteiger partial charge in [-0.15, -0.1) is 0 Å². The number of allylic oxidation sites excluding steroid dienone is 1. The summed E-state index contributed by atoms with van der Waals surface area (Å²) in [5, 5.41) is 13.9. The number of nitrogens with one attached hydrogen (secondary N) is 1. The molecule has 2 aromatic carbocycles. The molecular formula is C28H35FN4. The number of fused-ring (bicyclic) bond motifs is 1. The van der Waals surface area contributed by atoms with Crippen LogP contribution in [0.15, 0.2) is 55.3 Å². The van der Waals surface area contributed by atoms with Crippen LogP contribution in [0.1, 0.15) is 57.4 Å². The fourth-order valence-electron chi connectivity index (χ4n) is 4.19. The number of aromatic nitrogens is 1. The van der Waals surface area contributed by atoms with E-state index in [0.717, 1.165) is 39.1 Å². The molecule has 4 nitrogen and oxygen atoms in total. The zero-order valence-corrected chi connectivity index (χ0v) is 20.4. The minimum Gasteiger partial charge on any atom is -0.403 e. The standard InChI is InChI=1S/C26H29FN4.C2H6/c1-6-18-15-24-22(16-23(18)30-5)21(12-7-17(2)29)25(26(3,4)13-14-28)31(24)20-10-8-19(27)9-11-20;1-2/h6,8-11,15-16,30H,1-2,7,12-13,29H2,3-5H3;1-2H3. The third-order valence-electron chi connectivity index (χ3n) is 5.68. The first-order valence-electron chi connectivity index (χ1n) is 11.3. The zero-order chi connectivity index (χ0) is 24.8. The fraction of sp³-hybridized carbons (Fsp3) is 0.321. The van der Waals surface area contributed by atoms with Gasteiger partial charge in [-0.25, -0.2) is 4.39 Å². The Morgan fingerprint density at radius 3 is 2.39 bits per heavy atom. The minimum atomic E-state index is -0.443. The van der Waals surface area contributed by atoms with Crippen molar-refractivity contribution in [1.29, 1.82) is 5.26 Å². The number of rotatable bonds is 8. The van der Waals surface area contributed by atoms with Crippen LogP contribution in [0.5, 0.6) is 0 Å². The monoisotopic (exact) mass is 446 g/mol. The summed E-state index contributed by atoms with van der Waals surface area (Å²) in [5.41, 5.74) is 12.0. The zero-order valence-electron chi connectivity index (χ0n) is 20.4. The third kappa shape index (κ3) is 5.28. The maximum absolute atomic E-state index is 13.7. The number of nitriles is 1. The lowest BCUT2D eigenvalue weighted by molar-refractivity contribution is 0.508. The van der Waals surface area contributed by atoms with Crippen LogP contribution in [0.3, 0.4) is 0 Å². The normalized spacial score (nSPS) is 10.8. The van der Waals surface area contributed by atoms with Crippen molar-refractivity contribution in [2.45, 2.75) is 52.4 Å². The van der Waals surface area contributed by atoms with Crippen molar-refractivity contribution in [3.63, 3.8) is 0 Å². The lowest BCUT2D eigenvalue weighted by atomic mass is 9.82. The van der Waals surface area contributed by atoms with E-state index >= 15 is 0 Å². The number of hydrogen-bond donors (Lipinski definition) is 2. The third-order valence-corrected chi connectivity index (χ3v) is 5.68. The van der Waals surface area contributed by atoms with Crippen LogP contribution in [-0.2, 0) is 11.8 Å². The molecule has 0 amide bonds. The van der Waals surface area contributed by atoms with Gasteiger partial charge >= 0.3 is 0 Å². The molecule has 0 bridgehead atoms. The number of nitrogens with two attached hydrogens (primary N) is 1. The molecule has 0 fully saturated rings. The van der Waals surface area contributed by atoms with Gasteiger partial charge in [-0.1, -0.05) is 46.9 Å². The van der Waals surface area contributed by atoms with Gasteiger partial charge < -0.3 is 15.6 Å². The largest absolute Gasteiger partial charge is 0.403 e. The summed E-state index contributed by atoms with van der Waals surface area (Å²) in [6.07, 6.45) is 3.49. The van der Waals surface area contributed by atoms with Crippen LogP contribution in [0.4, 0.5) is 10.1 Å². The minimum absolute atomic E-state index is 0.290. The molecule has 0 unspecified atom stereocenters. The number of halogens is 1. The summed E-state index contributed by atoms with van der Waals surface area (Å²) in [6, 6.07) is 13.0. The number of aryl methyl sites for hydroxylation is 1. The number of anilines is 1. The van der Waals surface area contributed by atoms with Crippen LogP contribution < -0.4 is 11.1 Å². The fourth-order valence-corrected chi connectivity index (χ4v) is 4.19. The van der Waals surface area contributed by atoms with Crippen molar-refractivity contribution >= 4 is 22.7 Å². The molecule has 0 atom stereocenters. The van der Waals surface area contributed by atoms with E-state index in [9.17, 15) is 9.65 Å². The predicted molar refractivity (Wildman–Crippen MR) is 139 cm³/mol. The molecule has 0 spiro atoms. The number of hydrogen-bond acceptors (Lipinski definition) is 3. The van der Waals surface area contributed by atoms with E-state index in [-0.39, 0.29) is 5.82 Å². The van der Waals surface area contributed by atoms with Crippen molar-refractivity contribution in [3.8, 4) is 11.8 Å². The average molecular weight is 447 g/mol. The van der Waals surface area contributed by atoms with E-state index < -0.39 is 5.41 Å². The second-order valence-corrected chi connectivity index (χ2v) is 8.43. The summed E-state index contributed by atoms with van der Waals surface area (Å²) in [7, 11) is 1.88.